The maximum absolute atomic E-state index is 11.5. The molecular formula is C10H11N2O4. The molecule has 1 rings (SSSR count). The van der Waals surface area contributed by atoms with Crippen LogP contribution in [0.3, 0.4) is 0 Å². The van der Waals surface area contributed by atoms with E-state index in [2.05, 4.69) is 5.32 Å². The van der Waals surface area contributed by atoms with Crippen LogP contribution in [0.25, 0.3) is 0 Å². The van der Waals surface area contributed by atoms with E-state index in [0.717, 1.165) is 0 Å². The summed E-state index contributed by atoms with van der Waals surface area (Å²) in [6, 6.07) is 0.662. The van der Waals surface area contributed by atoms with E-state index in [0.29, 0.717) is 0 Å². The molecule has 0 aliphatic heterocycles. The van der Waals surface area contributed by atoms with Crippen LogP contribution in [0.2, 0.25) is 0 Å². The van der Waals surface area contributed by atoms with Gasteiger partial charge in [0.05, 0.1) is 24.4 Å². The molecule has 0 aromatic carbocycles. The number of hydrogen-bond acceptors (Lipinski definition) is 5. The van der Waals surface area contributed by atoms with Crippen LogP contribution < -0.4 is 11.1 Å². The van der Waals surface area contributed by atoms with Crippen LogP contribution in [0.4, 0.5) is 0 Å². The summed E-state index contributed by atoms with van der Waals surface area (Å²) in [5.74, 6) is -1.03. The third-order valence-corrected chi connectivity index (χ3v) is 1.90. The van der Waals surface area contributed by atoms with Gasteiger partial charge in [-0.15, -0.1) is 0 Å². The zero-order chi connectivity index (χ0) is 12.1. The van der Waals surface area contributed by atoms with E-state index in [9.17, 15) is 14.4 Å². The number of ketones is 1. The van der Waals surface area contributed by atoms with E-state index in [-0.39, 0.29) is 17.9 Å². The van der Waals surface area contributed by atoms with Crippen molar-refractivity contribution >= 4 is 18.0 Å². The van der Waals surface area contributed by atoms with Crippen molar-refractivity contribution in [1.29, 1.82) is 0 Å². The molecule has 0 spiro atoms. The SMILES string of the molecule is C[C@H](N)C(=O)NCC(=O)c1ccoc1[C]=O. The van der Waals surface area contributed by atoms with Gasteiger partial charge in [0, 0.05) is 0 Å². The minimum absolute atomic E-state index is 0.0972. The number of Topliss-reactive ketones (excluding diaryl/α,β-unsaturated/α-hetero) is 1. The Labute approximate surface area is 91.8 Å². The van der Waals surface area contributed by atoms with Gasteiger partial charge >= 0.3 is 0 Å². The third kappa shape index (κ3) is 2.77. The molecule has 1 radical (unpaired) electrons. The Bertz CT molecular complexity index is 409. The Hall–Kier alpha value is -1.95. The average molecular weight is 223 g/mol. The lowest BCUT2D eigenvalue weighted by atomic mass is 10.1. The molecule has 85 valence electrons. The number of rotatable bonds is 5. The van der Waals surface area contributed by atoms with Crippen molar-refractivity contribution < 1.29 is 18.8 Å². The van der Waals surface area contributed by atoms with E-state index in [1.54, 1.807) is 0 Å². The van der Waals surface area contributed by atoms with Gasteiger partial charge in [0.15, 0.2) is 11.5 Å². The van der Waals surface area contributed by atoms with Crippen LogP contribution in [0, 0.1) is 0 Å². The van der Waals surface area contributed by atoms with Crippen LogP contribution in [0.1, 0.15) is 23.0 Å². The highest BCUT2D eigenvalue weighted by atomic mass is 16.3. The first kappa shape index (κ1) is 12.1. The zero-order valence-electron chi connectivity index (χ0n) is 8.65. The van der Waals surface area contributed by atoms with Crippen molar-refractivity contribution in [2.75, 3.05) is 6.54 Å². The van der Waals surface area contributed by atoms with Gasteiger partial charge in [-0.2, -0.15) is 0 Å². The van der Waals surface area contributed by atoms with Crippen molar-refractivity contribution in [3.63, 3.8) is 0 Å². The summed E-state index contributed by atoms with van der Waals surface area (Å²) in [5.41, 5.74) is 5.39. The minimum atomic E-state index is -0.686. The van der Waals surface area contributed by atoms with E-state index < -0.39 is 17.7 Å². The Morgan fingerprint density at radius 1 is 1.62 bits per heavy atom. The molecule has 0 aliphatic rings. The van der Waals surface area contributed by atoms with Crippen molar-refractivity contribution in [3.05, 3.63) is 23.7 Å². The molecule has 1 aromatic heterocycles. The van der Waals surface area contributed by atoms with E-state index in [1.807, 2.05) is 0 Å². The van der Waals surface area contributed by atoms with Crippen molar-refractivity contribution in [3.8, 4) is 0 Å². The number of nitrogens with two attached hydrogens (primary N) is 1. The number of amides is 1. The number of carbonyl (C=O) groups excluding carboxylic acids is 3. The average Bonchev–Trinajstić information content (AvgIpc) is 2.73. The molecule has 0 saturated carbocycles. The topological polar surface area (TPSA) is 102 Å². The lowest BCUT2D eigenvalue weighted by Crippen LogP contribution is -2.40. The predicted molar refractivity (Wildman–Crippen MR) is 54.5 cm³/mol. The lowest BCUT2D eigenvalue weighted by Gasteiger charge is -2.05. The van der Waals surface area contributed by atoms with Crippen molar-refractivity contribution in [1.82, 2.24) is 5.32 Å². The molecule has 16 heavy (non-hydrogen) atoms. The van der Waals surface area contributed by atoms with Crippen molar-refractivity contribution in [2.24, 2.45) is 5.73 Å². The highest BCUT2D eigenvalue weighted by molar-refractivity contribution is 6.04. The zero-order valence-corrected chi connectivity index (χ0v) is 8.65. The molecule has 0 saturated heterocycles. The van der Waals surface area contributed by atoms with E-state index >= 15 is 0 Å². The van der Waals surface area contributed by atoms with Crippen molar-refractivity contribution in [2.45, 2.75) is 13.0 Å². The van der Waals surface area contributed by atoms with Gasteiger partial charge in [0.2, 0.25) is 5.91 Å². The minimum Gasteiger partial charge on any atom is -0.460 e. The maximum Gasteiger partial charge on any atom is 0.272 e. The smallest absolute Gasteiger partial charge is 0.272 e. The molecular weight excluding hydrogens is 212 g/mol. The normalized spacial score (nSPS) is 11.9. The number of nitrogens with one attached hydrogen (secondary N) is 1. The molecule has 0 bridgehead atoms. The molecule has 1 atom stereocenters. The van der Waals surface area contributed by atoms with Crippen LogP contribution in [0.15, 0.2) is 16.7 Å². The highest BCUT2D eigenvalue weighted by Crippen LogP contribution is 2.07. The maximum atomic E-state index is 11.5. The lowest BCUT2D eigenvalue weighted by molar-refractivity contribution is -0.121. The van der Waals surface area contributed by atoms with Crippen LogP contribution in [0.5, 0.6) is 0 Å². The molecule has 0 unspecified atom stereocenters. The standard InChI is InChI=1S/C10H11N2O4/c1-6(11)10(15)12-4-8(14)7-2-3-16-9(7)5-13/h2-3,6H,4,11H2,1H3,(H,12,15)/t6-/m0/s1. The fourth-order valence-corrected chi connectivity index (χ4v) is 1.03. The molecule has 6 nitrogen and oxygen atoms in total. The third-order valence-electron chi connectivity index (χ3n) is 1.90. The van der Waals surface area contributed by atoms with Gasteiger partial charge < -0.3 is 15.5 Å². The first-order valence-corrected chi connectivity index (χ1v) is 4.58. The molecule has 6 heteroatoms. The van der Waals surface area contributed by atoms with Gasteiger partial charge in [0.25, 0.3) is 6.29 Å². The summed E-state index contributed by atoms with van der Waals surface area (Å²) in [5, 5.41) is 2.34. The molecule has 1 amide bonds. The Balaban J connectivity index is 2.60. The van der Waals surface area contributed by atoms with Gasteiger partial charge in [-0.25, -0.2) is 0 Å². The Morgan fingerprint density at radius 2 is 2.31 bits per heavy atom. The second-order valence-corrected chi connectivity index (χ2v) is 3.20. The van der Waals surface area contributed by atoms with E-state index in [4.69, 9.17) is 10.2 Å². The first-order chi connectivity index (χ1) is 7.56. The summed E-state index contributed by atoms with van der Waals surface area (Å²) < 4.78 is 4.71. The van der Waals surface area contributed by atoms with Gasteiger partial charge in [-0.3, -0.25) is 14.4 Å². The number of hydrogen-bond donors (Lipinski definition) is 2. The summed E-state index contributed by atoms with van der Waals surface area (Å²) in [7, 11) is 0. The number of furan rings is 1. The monoisotopic (exact) mass is 223 g/mol. The largest absolute Gasteiger partial charge is 0.460 e. The second-order valence-electron chi connectivity index (χ2n) is 3.20. The van der Waals surface area contributed by atoms with Crippen LogP contribution in [-0.4, -0.2) is 30.6 Å². The number of carbonyl (C=O) groups is 2. The summed E-state index contributed by atoms with van der Waals surface area (Å²) in [4.78, 5) is 33.0. The molecule has 3 N–H and O–H groups in total. The van der Waals surface area contributed by atoms with Crippen LogP contribution in [-0.2, 0) is 9.59 Å². The van der Waals surface area contributed by atoms with Gasteiger partial charge in [-0.1, -0.05) is 0 Å². The first-order valence-electron chi connectivity index (χ1n) is 4.58. The quantitative estimate of drug-likeness (QED) is 0.648. The predicted octanol–water partition coefficient (Wildman–Crippen LogP) is -0.617. The fourth-order valence-electron chi connectivity index (χ4n) is 1.03. The summed E-state index contributed by atoms with van der Waals surface area (Å²) >= 11 is 0. The summed E-state index contributed by atoms with van der Waals surface area (Å²) in [6.45, 7) is 1.27. The Kier molecular flexibility index (Phi) is 3.96. The second kappa shape index (κ2) is 5.22. The molecule has 1 heterocycles. The Morgan fingerprint density at radius 3 is 2.88 bits per heavy atom. The van der Waals surface area contributed by atoms with Crippen LogP contribution >= 0.6 is 0 Å². The molecule has 1 aromatic rings. The summed E-state index contributed by atoms with van der Waals surface area (Å²) in [6.07, 6.45) is 2.70. The fraction of sp³-hybridized carbons (Fsp3) is 0.300. The van der Waals surface area contributed by atoms with E-state index in [1.165, 1.54) is 25.5 Å². The van der Waals surface area contributed by atoms with Gasteiger partial charge in [-0.05, 0) is 13.0 Å². The highest BCUT2D eigenvalue weighted by Gasteiger charge is 2.16. The molecule has 0 fully saturated rings. The van der Waals surface area contributed by atoms with Gasteiger partial charge in [0.1, 0.15) is 0 Å². The molecule has 0 aliphatic carbocycles.